The summed E-state index contributed by atoms with van der Waals surface area (Å²) in [5.74, 6) is 0. The lowest BCUT2D eigenvalue weighted by molar-refractivity contribution is -0.109. The summed E-state index contributed by atoms with van der Waals surface area (Å²) in [5, 5.41) is 0.346. The SMILES string of the molecule is CC1CN(S(=O)(=O)c2cc(Cl)ccc2N)CC(C)(C)O1. The number of ether oxygens (including phenoxy) is 1. The molecule has 1 atom stereocenters. The normalized spacial score (nSPS) is 23.7. The second-order valence-corrected chi connectivity index (χ2v) is 8.01. The van der Waals surface area contributed by atoms with Crippen LogP contribution < -0.4 is 5.73 Å². The maximum absolute atomic E-state index is 12.7. The molecule has 7 heteroatoms. The molecule has 1 aliphatic heterocycles. The van der Waals surface area contributed by atoms with Crippen LogP contribution in [-0.2, 0) is 14.8 Å². The molecule has 5 nitrogen and oxygen atoms in total. The Morgan fingerprint density at radius 2 is 2.10 bits per heavy atom. The number of anilines is 1. The minimum Gasteiger partial charge on any atom is -0.398 e. The number of hydrogen-bond acceptors (Lipinski definition) is 4. The number of sulfonamides is 1. The van der Waals surface area contributed by atoms with Gasteiger partial charge in [0.05, 0.1) is 17.4 Å². The molecule has 112 valence electrons. The molecule has 1 aromatic rings. The van der Waals surface area contributed by atoms with Crippen molar-refractivity contribution in [3.05, 3.63) is 23.2 Å². The molecule has 0 saturated carbocycles. The Labute approximate surface area is 124 Å². The van der Waals surface area contributed by atoms with Crippen molar-refractivity contribution in [2.24, 2.45) is 0 Å². The molecular formula is C13H19ClN2O3S. The molecule has 0 bridgehead atoms. The number of hydrogen-bond donors (Lipinski definition) is 1. The van der Waals surface area contributed by atoms with Gasteiger partial charge in [0.1, 0.15) is 4.90 Å². The zero-order valence-electron chi connectivity index (χ0n) is 11.8. The quantitative estimate of drug-likeness (QED) is 0.848. The first-order valence-corrected chi connectivity index (χ1v) is 8.17. The number of nitrogen functional groups attached to an aromatic ring is 1. The van der Waals surface area contributed by atoms with E-state index in [1.807, 2.05) is 20.8 Å². The minimum atomic E-state index is -3.68. The Morgan fingerprint density at radius 1 is 1.45 bits per heavy atom. The van der Waals surface area contributed by atoms with Crippen molar-refractivity contribution in [2.45, 2.75) is 37.4 Å². The van der Waals surface area contributed by atoms with Crippen LogP contribution in [0.1, 0.15) is 20.8 Å². The molecule has 0 aromatic heterocycles. The fraction of sp³-hybridized carbons (Fsp3) is 0.538. The lowest BCUT2D eigenvalue weighted by Crippen LogP contribution is -2.53. The van der Waals surface area contributed by atoms with Gasteiger partial charge in [0.15, 0.2) is 0 Å². The first-order chi connectivity index (χ1) is 9.12. The van der Waals surface area contributed by atoms with Crippen LogP contribution in [-0.4, -0.2) is 37.5 Å². The van der Waals surface area contributed by atoms with Crippen LogP contribution in [0.5, 0.6) is 0 Å². The van der Waals surface area contributed by atoms with E-state index in [1.54, 1.807) is 6.07 Å². The van der Waals surface area contributed by atoms with Crippen molar-refractivity contribution in [3.8, 4) is 0 Å². The molecule has 0 amide bonds. The Balaban J connectivity index is 2.42. The molecule has 20 heavy (non-hydrogen) atoms. The second-order valence-electron chi connectivity index (χ2n) is 5.67. The number of nitrogens with two attached hydrogens (primary N) is 1. The van der Waals surface area contributed by atoms with Gasteiger partial charge in [-0.3, -0.25) is 0 Å². The molecular weight excluding hydrogens is 300 g/mol. The molecule has 0 aliphatic carbocycles. The summed E-state index contributed by atoms with van der Waals surface area (Å²) in [7, 11) is -3.68. The molecule has 1 heterocycles. The van der Waals surface area contributed by atoms with Gasteiger partial charge in [0.25, 0.3) is 0 Å². The third-order valence-electron chi connectivity index (χ3n) is 3.13. The highest BCUT2D eigenvalue weighted by atomic mass is 35.5. The summed E-state index contributed by atoms with van der Waals surface area (Å²) < 4.78 is 32.6. The van der Waals surface area contributed by atoms with E-state index in [0.29, 0.717) is 11.6 Å². The summed E-state index contributed by atoms with van der Waals surface area (Å²) in [6.45, 7) is 6.17. The summed E-state index contributed by atoms with van der Waals surface area (Å²) in [6.07, 6.45) is -0.172. The highest BCUT2D eigenvalue weighted by Gasteiger charge is 2.38. The van der Waals surface area contributed by atoms with Crippen LogP contribution in [0.3, 0.4) is 0 Å². The fourth-order valence-corrected chi connectivity index (χ4v) is 4.49. The molecule has 1 saturated heterocycles. The Bertz CT molecular complexity index is 616. The average molecular weight is 319 g/mol. The van der Waals surface area contributed by atoms with Gasteiger partial charge < -0.3 is 10.5 Å². The van der Waals surface area contributed by atoms with Gasteiger partial charge in [-0.2, -0.15) is 4.31 Å². The van der Waals surface area contributed by atoms with E-state index in [0.717, 1.165) is 0 Å². The predicted molar refractivity (Wildman–Crippen MR) is 79.2 cm³/mol. The molecule has 1 fully saturated rings. The van der Waals surface area contributed by atoms with E-state index >= 15 is 0 Å². The highest BCUT2D eigenvalue weighted by Crippen LogP contribution is 2.30. The summed E-state index contributed by atoms with van der Waals surface area (Å²) in [5.41, 5.74) is 5.46. The van der Waals surface area contributed by atoms with Crippen molar-refractivity contribution in [1.82, 2.24) is 4.31 Å². The van der Waals surface area contributed by atoms with Crippen LogP contribution in [0, 0.1) is 0 Å². The van der Waals surface area contributed by atoms with Gasteiger partial charge >= 0.3 is 0 Å². The summed E-state index contributed by atoms with van der Waals surface area (Å²) >= 11 is 5.88. The van der Waals surface area contributed by atoms with Crippen LogP contribution in [0.4, 0.5) is 5.69 Å². The van der Waals surface area contributed by atoms with E-state index in [9.17, 15) is 8.42 Å². The van der Waals surface area contributed by atoms with E-state index in [4.69, 9.17) is 22.1 Å². The largest absolute Gasteiger partial charge is 0.398 e. The first-order valence-electron chi connectivity index (χ1n) is 6.35. The first kappa shape index (κ1) is 15.6. The number of nitrogens with zero attached hydrogens (tertiary/aromatic N) is 1. The van der Waals surface area contributed by atoms with Crippen molar-refractivity contribution >= 4 is 27.3 Å². The Hall–Kier alpha value is -0.820. The topological polar surface area (TPSA) is 72.6 Å². The highest BCUT2D eigenvalue weighted by molar-refractivity contribution is 7.89. The zero-order chi connectivity index (χ0) is 15.1. The summed E-state index contributed by atoms with van der Waals surface area (Å²) in [6, 6.07) is 4.46. The molecule has 2 N–H and O–H groups in total. The monoisotopic (exact) mass is 318 g/mol. The fourth-order valence-electron chi connectivity index (χ4n) is 2.45. The average Bonchev–Trinajstić information content (AvgIpc) is 2.29. The van der Waals surface area contributed by atoms with E-state index < -0.39 is 15.6 Å². The van der Waals surface area contributed by atoms with Crippen molar-refractivity contribution in [2.75, 3.05) is 18.8 Å². The summed E-state index contributed by atoms with van der Waals surface area (Å²) in [4.78, 5) is 0.0508. The van der Waals surface area contributed by atoms with Gasteiger partial charge in [-0.25, -0.2) is 8.42 Å². The van der Waals surface area contributed by atoms with Gasteiger partial charge in [-0.05, 0) is 39.0 Å². The standard InChI is InChI=1S/C13H19ClN2O3S/c1-9-7-16(8-13(2,3)19-9)20(17,18)12-6-10(14)4-5-11(12)15/h4-6,9H,7-8,15H2,1-3H3. The van der Waals surface area contributed by atoms with Gasteiger partial charge in [-0.15, -0.1) is 0 Å². The van der Waals surface area contributed by atoms with Crippen LogP contribution in [0.15, 0.2) is 23.1 Å². The second kappa shape index (κ2) is 5.18. The molecule has 1 aliphatic rings. The molecule has 1 aromatic carbocycles. The minimum absolute atomic E-state index is 0.0508. The van der Waals surface area contributed by atoms with Gasteiger partial charge in [-0.1, -0.05) is 11.6 Å². The molecule has 2 rings (SSSR count). The predicted octanol–water partition coefficient (Wildman–Crippen LogP) is 2.11. The van der Waals surface area contributed by atoms with Crippen molar-refractivity contribution in [3.63, 3.8) is 0 Å². The number of morpholine rings is 1. The van der Waals surface area contributed by atoms with E-state index in [1.165, 1.54) is 16.4 Å². The maximum Gasteiger partial charge on any atom is 0.245 e. The maximum atomic E-state index is 12.7. The van der Waals surface area contributed by atoms with Crippen LogP contribution in [0.25, 0.3) is 0 Å². The van der Waals surface area contributed by atoms with E-state index in [-0.39, 0.29) is 23.2 Å². The van der Waals surface area contributed by atoms with Gasteiger partial charge in [0, 0.05) is 18.1 Å². The molecule has 0 spiro atoms. The van der Waals surface area contributed by atoms with Crippen LogP contribution >= 0.6 is 11.6 Å². The van der Waals surface area contributed by atoms with Crippen LogP contribution in [0.2, 0.25) is 5.02 Å². The lowest BCUT2D eigenvalue weighted by Gasteiger charge is -2.41. The van der Waals surface area contributed by atoms with Gasteiger partial charge in [0.2, 0.25) is 10.0 Å². The zero-order valence-corrected chi connectivity index (χ0v) is 13.3. The third-order valence-corrected chi connectivity index (χ3v) is 5.23. The van der Waals surface area contributed by atoms with Crippen molar-refractivity contribution in [1.29, 1.82) is 0 Å². The Kier molecular flexibility index (Phi) is 4.03. The number of halogens is 1. The Morgan fingerprint density at radius 3 is 2.70 bits per heavy atom. The molecule has 0 radical (unpaired) electrons. The lowest BCUT2D eigenvalue weighted by atomic mass is 10.1. The number of rotatable bonds is 2. The number of benzene rings is 1. The van der Waals surface area contributed by atoms with Crippen molar-refractivity contribution < 1.29 is 13.2 Å². The third kappa shape index (κ3) is 3.09. The molecule has 1 unspecified atom stereocenters. The smallest absolute Gasteiger partial charge is 0.245 e. The van der Waals surface area contributed by atoms with E-state index in [2.05, 4.69) is 0 Å².